The second kappa shape index (κ2) is 5.06. The van der Waals surface area contributed by atoms with Crippen molar-refractivity contribution >= 4 is 0 Å². The summed E-state index contributed by atoms with van der Waals surface area (Å²) in [6, 6.07) is 1.23. The molecule has 0 saturated carbocycles. The molecule has 0 bridgehead atoms. The molecule has 0 aromatic heterocycles. The van der Waals surface area contributed by atoms with Gasteiger partial charge in [0.25, 0.3) is 0 Å². The molecule has 0 aliphatic carbocycles. The van der Waals surface area contributed by atoms with E-state index in [1.165, 1.54) is 0 Å². The highest BCUT2D eigenvalue weighted by Crippen LogP contribution is 2.31. The second-order valence-corrected chi connectivity index (χ2v) is 4.32. The zero-order valence-electron chi connectivity index (χ0n) is 9.22. The summed E-state index contributed by atoms with van der Waals surface area (Å²) in [5.74, 6) is -3.37. The number of hydrogen-bond donors (Lipinski definition) is 2. The first-order valence-corrected chi connectivity index (χ1v) is 5.63. The van der Waals surface area contributed by atoms with Crippen LogP contribution in [0, 0.1) is 23.4 Å². The normalized spacial score (nSPS) is 19.3. The Kier molecular flexibility index (Phi) is 3.69. The molecule has 2 nitrogen and oxygen atoms in total. The van der Waals surface area contributed by atoms with Crippen LogP contribution in [-0.2, 0) is 0 Å². The van der Waals surface area contributed by atoms with Gasteiger partial charge in [0.05, 0.1) is 6.10 Å². The zero-order valence-corrected chi connectivity index (χ0v) is 9.22. The molecule has 1 aliphatic heterocycles. The number of rotatable bonds is 2. The minimum atomic E-state index is -1.23. The second-order valence-electron chi connectivity index (χ2n) is 4.32. The van der Waals surface area contributed by atoms with Crippen LogP contribution in [0.3, 0.4) is 0 Å². The van der Waals surface area contributed by atoms with Gasteiger partial charge in [-0.3, -0.25) is 0 Å². The smallest absolute Gasteiger partial charge is 0.161 e. The van der Waals surface area contributed by atoms with Gasteiger partial charge in [0.15, 0.2) is 11.6 Å². The van der Waals surface area contributed by atoms with E-state index in [2.05, 4.69) is 5.32 Å². The zero-order chi connectivity index (χ0) is 12.4. The molecule has 5 heteroatoms. The number of hydrogen-bond acceptors (Lipinski definition) is 2. The van der Waals surface area contributed by atoms with Gasteiger partial charge in [0.1, 0.15) is 5.82 Å². The highest BCUT2D eigenvalue weighted by molar-refractivity contribution is 5.23. The summed E-state index contributed by atoms with van der Waals surface area (Å²) in [6.07, 6.45) is 0.311. The van der Waals surface area contributed by atoms with Gasteiger partial charge in [0.2, 0.25) is 0 Å². The van der Waals surface area contributed by atoms with Gasteiger partial charge in [-0.1, -0.05) is 0 Å². The topological polar surface area (TPSA) is 32.3 Å². The molecule has 1 aliphatic rings. The average Bonchev–Trinajstić information content (AvgIpc) is 2.34. The van der Waals surface area contributed by atoms with Crippen LogP contribution < -0.4 is 5.32 Å². The Hall–Kier alpha value is -1.07. The van der Waals surface area contributed by atoms with E-state index < -0.39 is 23.6 Å². The first kappa shape index (κ1) is 12.4. The Morgan fingerprint density at radius 1 is 1.06 bits per heavy atom. The van der Waals surface area contributed by atoms with Crippen LogP contribution in [0.15, 0.2) is 12.1 Å². The summed E-state index contributed by atoms with van der Waals surface area (Å²) in [6.45, 7) is 1.49. The molecule has 1 atom stereocenters. The Bertz CT molecular complexity index is 405. The van der Waals surface area contributed by atoms with Gasteiger partial charge in [0, 0.05) is 11.6 Å². The fourth-order valence-corrected chi connectivity index (χ4v) is 2.18. The molecule has 0 spiro atoms. The van der Waals surface area contributed by atoms with Gasteiger partial charge < -0.3 is 10.4 Å². The minimum Gasteiger partial charge on any atom is -0.388 e. The number of benzene rings is 1. The third kappa shape index (κ3) is 2.61. The molecule has 94 valence electrons. The molecule has 17 heavy (non-hydrogen) atoms. The van der Waals surface area contributed by atoms with Crippen molar-refractivity contribution in [2.75, 3.05) is 13.1 Å². The van der Waals surface area contributed by atoms with E-state index in [0.29, 0.717) is 18.9 Å². The SMILES string of the molecule is OC(c1cc(F)c(F)cc1F)C1CCNCC1. The number of nitrogens with one attached hydrogen (secondary N) is 1. The van der Waals surface area contributed by atoms with Crippen molar-refractivity contribution in [3.8, 4) is 0 Å². The highest BCUT2D eigenvalue weighted by atomic mass is 19.2. The van der Waals surface area contributed by atoms with Crippen molar-refractivity contribution < 1.29 is 18.3 Å². The van der Waals surface area contributed by atoms with Crippen LogP contribution >= 0.6 is 0 Å². The van der Waals surface area contributed by atoms with Gasteiger partial charge >= 0.3 is 0 Å². The minimum absolute atomic E-state index is 0.115. The first-order chi connectivity index (χ1) is 8.09. The summed E-state index contributed by atoms with van der Waals surface area (Å²) < 4.78 is 39.2. The summed E-state index contributed by atoms with van der Waals surface area (Å²) >= 11 is 0. The van der Waals surface area contributed by atoms with Crippen LogP contribution in [0.2, 0.25) is 0 Å². The van der Waals surface area contributed by atoms with Crippen molar-refractivity contribution in [3.63, 3.8) is 0 Å². The number of piperidine rings is 1. The lowest BCUT2D eigenvalue weighted by Gasteiger charge is -2.27. The summed E-state index contributed by atoms with van der Waals surface area (Å²) in [5.41, 5.74) is -0.157. The van der Waals surface area contributed by atoms with Crippen molar-refractivity contribution in [1.82, 2.24) is 5.32 Å². The van der Waals surface area contributed by atoms with Crippen LogP contribution in [-0.4, -0.2) is 18.2 Å². The van der Waals surface area contributed by atoms with Crippen molar-refractivity contribution in [1.29, 1.82) is 0 Å². The van der Waals surface area contributed by atoms with E-state index in [1.54, 1.807) is 0 Å². The summed E-state index contributed by atoms with van der Waals surface area (Å²) in [5, 5.41) is 13.1. The van der Waals surface area contributed by atoms with Crippen molar-refractivity contribution in [2.24, 2.45) is 5.92 Å². The molecular formula is C12H14F3NO. The predicted molar refractivity (Wildman–Crippen MR) is 56.9 cm³/mol. The number of aliphatic hydroxyl groups is 1. The quantitative estimate of drug-likeness (QED) is 0.782. The maximum Gasteiger partial charge on any atom is 0.161 e. The third-order valence-electron chi connectivity index (χ3n) is 3.19. The highest BCUT2D eigenvalue weighted by Gasteiger charge is 2.26. The lowest BCUT2D eigenvalue weighted by molar-refractivity contribution is 0.0851. The molecule has 2 rings (SSSR count). The van der Waals surface area contributed by atoms with E-state index in [4.69, 9.17) is 0 Å². The molecule has 1 saturated heterocycles. The fourth-order valence-electron chi connectivity index (χ4n) is 2.18. The van der Waals surface area contributed by atoms with Gasteiger partial charge in [-0.2, -0.15) is 0 Å². The summed E-state index contributed by atoms with van der Waals surface area (Å²) in [7, 11) is 0. The molecule has 2 N–H and O–H groups in total. The molecular weight excluding hydrogens is 231 g/mol. The van der Waals surface area contributed by atoms with Gasteiger partial charge in [-0.15, -0.1) is 0 Å². The van der Waals surface area contributed by atoms with Crippen LogP contribution in [0.25, 0.3) is 0 Å². The Morgan fingerprint density at radius 3 is 2.29 bits per heavy atom. The number of aliphatic hydroxyl groups excluding tert-OH is 1. The Morgan fingerprint density at radius 2 is 1.65 bits per heavy atom. The molecule has 1 heterocycles. The van der Waals surface area contributed by atoms with E-state index in [1.807, 2.05) is 0 Å². The monoisotopic (exact) mass is 245 g/mol. The molecule has 0 amide bonds. The van der Waals surface area contributed by atoms with E-state index in [9.17, 15) is 18.3 Å². The maximum absolute atomic E-state index is 13.5. The van der Waals surface area contributed by atoms with Crippen LogP contribution in [0.1, 0.15) is 24.5 Å². The van der Waals surface area contributed by atoms with E-state index >= 15 is 0 Å². The number of halogens is 3. The lowest BCUT2D eigenvalue weighted by Crippen LogP contribution is -2.31. The first-order valence-electron chi connectivity index (χ1n) is 5.63. The largest absolute Gasteiger partial charge is 0.388 e. The van der Waals surface area contributed by atoms with E-state index in [-0.39, 0.29) is 11.5 Å². The van der Waals surface area contributed by atoms with Crippen LogP contribution in [0.5, 0.6) is 0 Å². The summed E-state index contributed by atoms with van der Waals surface area (Å²) in [4.78, 5) is 0. The van der Waals surface area contributed by atoms with Crippen molar-refractivity contribution in [2.45, 2.75) is 18.9 Å². The standard InChI is InChI=1S/C12H14F3NO/c13-9-6-11(15)10(14)5-8(9)12(17)7-1-3-16-4-2-7/h5-7,12,16-17H,1-4H2. The van der Waals surface area contributed by atoms with E-state index in [0.717, 1.165) is 19.2 Å². The van der Waals surface area contributed by atoms with Crippen LogP contribution in [0.4, 0.5) is 13.2 Å². The molecule has 1 fully saturated rings. The van der Waals surface area contributed by atoms with Gasteiger partial charge in [-0.05, 0) is 37.9 Å². The molecule has 1 aromatic rings. The fraction of sp³-hybridized carbons (Fsp3) is 0.500. The maximum atomic E-state index is 13.5. The third-order valence-corrected chi connectivity index (χ3v) is 3.19. The molecule has 0 radical (unpaired) electrons. The van der Waals surface area contributed by atoms with Gasteiger partial charge in [-0.25, -0.2) is 13.2 Å². The Labute approximate surface area is 97.5 Å². The lowest BCUT2D eigenvalue weighted by atomic mass is 9.88. The predicted octanol–water partition coefficient (Wildman–Crippen LogP) is 2.14. The molecule has 1 aromatic carbocycles. The van der Waals surface area contributed by atoms with Crippen molar-refractivity contribution in [3.05, 3.63) is 35.1 Å². The molecule has 1 unspecified atom stereocenters. The average molecular weight is 245 g/mol. The Balaban J connectivity index is 2.23.